The number of nitriles is 1. The van der Waals surface area contributed by atoms with Crippen LogP contribution in [0.2, 0.25) is 0 Å². The highest BCUT2D eigenvalue weighted by Crippen LogP contribution is 2.29. The van der Waals surface area contributed by atoms with Gasteiger partial charge in [-0.2, -0.15) is 14.9 Å². The lowest BCUT2D eigenvalue weighted by molar-refractivity contribution is 0.0773. The molecular formula is C18H14N6O3S. The van der Waals surface area contributed by atoms with Gasteiger partial charge in [0.2, 0.25) is 11.8 Å². The fraction of sp³-hybridized carbons (Fsp3) is 0.111. The van der Waals surface area contributed by atoms with Gasteiger partial charge in [-0.25, -0.2) is 13.1 Å². The first-order valence-corrected chi connectivity index (χ1v) is 9.71. The van der Waals surface area contributed by atoms with Crippen molar-refractivity contribution in [3.63, 3.8) is 0 Å². The molecule has 0 bridgehead atoms. The zero-order chi connectivity index (χ0) is 19.9. The number of sulfonamides is 1. The van der Waals surface area contributed by atoms with E-state index in [9.17, 15) is 13.2 Å². The predicted molar refractivity (Wildman–Crippen MR) is 99.1 cm³/mol. The van der Waals surface area contributed by atoms with Gasteiger partial charge in [-0.05, 0) is 29.8 Å². The van der Waals surface area contributed by atoms with Crippen molar-refractivity contribution in [2.24, 2.45) is 0 Å². The summed E-state index contributed by atoms with van der Waals surface area (Å²) in [6.07, 6.45) is 0. The van der Waals surface area contributed by atoms with Gasteiger partial charge >= 0.3 is 0 Å². The summed E-state index contributed by atoms with van der Waals surface area (Å²) in [5.41, 5.74) is 1.61. The number of carbonyl (C=O) groups is 1. The van der Waals surface area contributed by atoms with E-state index in [2.05, 4.69) is 20.9 Å². The largest absolute Gasteiger partial charge is 0.335 e. The van der Waals surface area contributed by atoms with Gasteiger partial charge < -0.3 is 4.90 Å². The van der Waals surface area contributed by atoms with E-state index in [0.29, 0.717) is 11.3 Å². The highest BCUT2D eigenvalue weighted by atomic mass is 32.2. The van der Waals surface area contributed by atoms with E-state index in [1.807, 2.05) is 0 Å². The number of hydrogen-bond donors (Lipinski definition) is 1. The zero-order valence-electron chi connectivity index (χ0n) is 14.7. The van der Waals surface area contributed by atoms with E-state index in [0.717, 1.165) is 5.56 Å². The van der Waals surface area contributed by atoms with Gasteiger partial charge in [0.15, 0.2) is 0 Å². The molecule has 1 aliphatic heterocycles. The number of fused-ring (bicyclic) bond motifs is 3. The minimum atomic E-state index is -3.77. The Labute approximate surface area is 160 Å². The summed E-state index contributed by atoms with van der Waals surface area (Å²) >= 11 is 0. The molecule has 0 fully saturated rings. The van der Waals surface area contributed by atoms with Crippen LogP contribution < -0.4 is 4.72 Å². The van der Waals surface area contributed by atoms with Gasteiger partial charge in [0.1, 0.15) is 4.90 Å². The highest BCUT2D eigenvalue weighted by Gasteiger charge is 2.31. The average molecular weight is 394 g/mol. The van der Waals surface area contributed by atoms with Gasteiger partial charge in [-0.1, -0.05) is 24.3 Å². The Hall–Kier alpha value is -3.71. The Morgan fingerprint density at radius 1 is 1.25 bits per heavy atom. The maximum absolute atomic E-state index is 12.7. The molecule has 0 aliphatic carbocycles. The average Bonchev–Trinajstić information content (AvgIpc) is 3.10. The molecule has 1 N–H and O–H groups in total. The van der Waals surface area contributed by atoms with Crippen molar-refractivity contribution in [3.05, 3.63) is 65.5 Å². The van der Waals surface area contributed by atoms with Crippen LogP contribution >= 0.6 is 0 Å². The summed E-state index contributed by atoms with van der Waals surface area (Å²) in [6, 6.07) is 15.3. The molecule has 1 aliphatic rings. The first-order valence-electron chi connectivity index (χ1n) is 8.23. The third-order valence-corrected chi connectivity index (χ3v) is 5.61. The molecule has 0 atom stereocenters. The van der Waals surface area contributed by atoms with Crippen molar-refractivity contribution in [3.8, 4) is 11.8 Å². The van der Waals surface area contributed by atoms with Crippen LogP contribution in [0.5, 0.6) is 0 Å². The van der Waals surface area contributed by atoms with Gasteiger partial charge in [-0.3, -0.25) is 4.79 Å². The van der Waals surface area contributed by atoms with E-state index in [1.165, 1.54) is 15.6 Å². The number of amides is 1. The van der Waals surface area contributed by atoms with Crippen molar-refractivity contribution >= 4 is 21.9 Å². The number of hydrogen-bond acceptors (Lipinski definition) is 6. The molecule has 4 rings (SSSR count). The van der Waals surface area contributed by atoms with Crippen LogP contribution in [0.25, 0.3) is 5.69 Å². The fourth-order valence-corrected chi connectivity index (χ4v) is 4.10. The summed E-state index contributed by atoms with van der Waals surface area (Å²) in [6.45, 7) is 0.251. The number of para-hydroxylation sites is 1. The minimum absolute atomic E-state index is 0.0399. The van der Waals surface area contributed by atoms with Crippen LogP contribution in [0.4, 0.5) is 5.95 Å². The Balaban J connectivity index is 1.64. The summed E-state index contributed by atoms with van der Waals surface area (Å²) in [5.74, 6) is -0.642. The second-order valence-corrected chi connectivity index (χ2v) is 7.87. The first-order chi connectivity index (χ1) is 13.4. The maximum Gasteiger partial charge on any atom is 0.293 e. The van der Waals surface area contributed by atoms with Crippen molar-refractivity contribution in [2.75, 3.05) is 11.8 Å². The molecule has 0 saturated heterocycles. The number of nitrogens with zero attached hydrogens (tertiary/aromatic N) is 5. The highest BCUT2D eigenvalue weighted by molar-refractivity contribution is 7.92. The lowest BCUT2D eigenvalue weighted by Gasteiger charge is -2.17. The quantitative estimate of drug-likeness (QED) is 0.719. The molecule has 0 unspecified atom stereocenters. The smallest absolute Gasteiger partial charge is 0.293 e. The van der Waals surface area contributed by atoms with E-state index >= 15 is 0 Å². The van der Waals surface area contributed by atoms with Gasteiger partial charge in [0.05, 0.1) is 17.3 Å². The van der Waals surface area contributed by atoms with Crippen LogP contribution in [0.3, 0.4) is 0 Å². The summed E-state index contributed by atoms with van der Waals surface area (Å²) in [5, 5.41) is 13.2. The molecule has 2 aromatic carbocycles. The number of rotatable bonds is 3. The third kappa shape index (κ3) is 2.97. The molecule has 3 aromatic rings. The molecule has 2 heterocycles. The number of nitrogens with one attached hydrogen (secondary N) is 1. The van der Waals surface area contributed by atoms with Crippen molar-refractivity contribution in [1.82, 2.24) is 19.7 Å². The van der Waals surface area contributed by atoms with Crippen molar-refractivity contribution in [1.29, 1.82) is 5.26 Å². The topological polar surface area (TPSA) is 121 Å². The summed E-state index contributed by atoms with van der Waals surface area (Å²) in [7, 11) is -2.19. The van der Waals surface area contributed by atoms with Gasteiger partial charge in [0.25, 0.3) is 15.9 Å². The molecular weight excluding hydrogens is 380 g/mol. The van der Waals surface area contributed by atoms with Gasteiger partial charge in [-0.15, -0.1) is 5.10 Å². The molecule has 28 heavy (non-hydrogen) atoms. The Morgan fingerprint density at radius 2 is 2.04 bits per heavy atom. The molecule has 10 heteroatoms. The maximum atomic E-state index is 12.7. The molecule has 9 nitrogen and oxygen atoms in total. The van der Waals surface area contributed by atoms with E-state index in [1.54, 1.807) is 49.5 Å². The SMILES string of the molecule is CN(Cc1cccc(C#N)c1)C(=O)c1nc2n(n1)-c1ccccc1S(=O)(=O)N2. The second kappa shape index (κ2) is 6.47. The Kier molecular flexibility index (Phi) is 4.09. The Bertz CT molecular complexity index is 1240. The zero-order valence-corrected chi connectivity index (χ0v) is 15.5. The van der Waals surface area contributed by atoms with Crippen LogP contribution in [0, 0.1) is 11.3 Å². The fourth-order valence-electron chi connectivity index (χ4n) is 2.93. The minimum Gasteiger partial charge on any atom is -0.335 e. The van der Waals surface area contributed by atoms with E-state index < -0.39 is 15.9 Å². The number of anilines is 1. The predicted octanol–water partition coefficient (Wildman–Crippen LogP) is 1.53. The summed E-state index contributed by atoms with van der Waals surface area (Å²) < 4.78 is 28.3. The molecule has 1 aromatic heterocycles. The van der Waals surface area contributed by atoms with Crippen LogP contribution in [0.1, 0.15) is 21.7 Å². The number of aromatic nitrogens is 3. The van der Waals surface area contributed by atoms with Crippen molar-refractivity contribution in [2.45, 2.75) is 11.4 Å². The molecule has 0 saturated carbocycles. The summed E-state index contributed by atoms with van der Waals surface area (Å²) in [4.78, 5) is 18.3. The Morgan fingerprint density at radius 3 is 2.82 bits per heavy atom. The van der Waals surface area contributed by atoms with E-state index in [-0.39, 0.29) is 23.2 Å². The third-order valence-electron chi connectivity index (χ3n) is 4.23. The lowest BCUT2D eigenvalue weighted by atomic mass is 10.1. The van der Waals surface area contributed by atoms with Crippen LogP contribution in [-0.4, -0.2) is 41.0 Å². The molecule has 140 valence electrons. The standard InChI is InChI=1S/C18H14N6O3S/c1-23(11-13-6-4-5-12(9-13)10-19)17(25)16-20-18-22-28(26,27)15-8-3-2-7-14(15)24(18)21-16/h2-9H,11H2,1H3,(H,20,21,22). The van der Waals surface area contributed by atoms with E-state index in [4.69, 9.17) is 5.26 Å². The second-order valence-electron chi connectivity index (χ2n) is 6.22. The molecule has 0 spiro atoms. The molecule has 0 radical (unpaired) electrons. The van der Waals surface area contributed by atoms with Crippen LogP contribution in [-0.2, 0) is 16.6 Å². The molecule has 1 amide bonds. The first kappa shape index (κ1) is 17.7. The van der Waals surface area contributed by atoms with Gasteiger partial charge in [0, 0.05) is 13.6 Å². The monoisotopic (exact) mass is 394 g/mol. The van der Waals surface area contributed by atoms with Crippen molar-refractivity contribution < 1.29 is 13.2 Å². The lowest BCUT2D eigenvalue weighted by Crippen LogP contribution is -2.27. The number of carbonyl (C=O) groups excluding carboxylic acids is 1. The van der Waals surface area contributed by atoms with Crippen LogP contribution in [0.15, 0.2) is 53.4 Å². The number of benzene rings is 2. The normalized spacial score (nSPS) is 13.6.